The Kier molecular flexibility index (Phi) is 4.94. The van der Waals surface area contributed by atoms with E-state index in [4.69, 9.17) is 0 Å². The molecule has 0 aliphatic carbocycles. The molecule has 8 heteroatoms. The van der Waals surface area contributed by atoms with Crippen LogP contribution < -0.4 is 11.0 Å². The van der Waals surface area contributed by atoms with Gasteiger partial charge >= 0.3 is 5.69 Å². The van der Waals surface area contributed by atoms with E-state index in [0.29, 0.717) is 16.4 Å². The van der Waals surface area contributed by atoms with Crippen LogP contribution in [-0.4, -0.2) is 25.1 Å². The smallest absolute Gasteiger partial charge is 0.324 e. The largest absolute Gasteiger partial charge is 0.350 e. The molecule has 1 N–H and O–H groups in total. The third kappa shape index (κ3) is 3.81. The van der Waals surface area contributed by atoms with Crippen molar-refractivity contribution < 1.29 is 4.79 Å². The predicted octanol–water partition coefficient (Wildman–Crippen LogP) is 2.99. The lowest BCUT2D eigenvalue weighted by Crippen LogP contribution is -2.28. The maximum atomic E-state index is 12.6. The van der Waals surface area contributed by atoms with E-state index in [-0.39, 0.29) is 18.1 Å². The molecule has 2 aromatic carbocycles. The predicted molar refractivity (Wildman–Crippen MR) is 108 cm³/mol. The Morgan fingerprint density at radius 1 is 1.14 bits per heavy atom. The molecule has 140 valence electrons. The van der Waals surface area contributed by atoms with Crippen LogP contribution in [-0.2, 0) is 11.3 Å². The van der Waals surface area contributed by atoms with Gasteiger partial charge in [0.1, 0.15) is 11.6 Å². The maximum Gasteiger partial charge on any atom is 0.350 e. The number of fused-ring (bicyclic) bond motifs is 1. The van der Waals surface area contributed by atoms with Crippen molar-refractivity contribution in [3.05, 3.63) is 83.0 Å². The van der Waals surface area contributed by atoms with Crippen molar-refractivity contribution in [2.24, 2.45) is 0 Å². The van der Waals surface area contributed by atoms with Crippen molar-refractivity contribution in [2.75, 3.05) is 5.32 Å². The summed E-state index contributed by atoms with van der Waals surface area (Å²) in [6, 6.07) is 17.2. The Balaban J connectivity index is 1.60. The minimum absolute atomic E-state index is 0.177. The molecule has 7 nitrogen and oxygen atoms in total. The fraction of sp³-hybridized carbons (Fsp3) is 0.100. The number of nitrogens with one attached hydrogen (secondary N) is 1. The fourth-order valence-corrected chi connectivity index (χ4v) is 3.62. The number of amides is 1. The number of rotatable bonds is 5. The first-order valence-corrected chi connectivity index (χ1v) is 9.45. The van der Waals surface area contributed by atoms with Crippen LogP contribution in [0.15, 0.2) is 81.7 Å². The fourth-order valence-electron chi connectivity index (χ4n) is 2.76. The van der Waals surface area contributed by atoms with Gasteiger partial charge < -0.3 is 5.32 Å². The maximum absolute atomic E-state index is 12.6. The molecule has 0 spiro atoms. The number of aryl methyl sites for hydroxylation is 1. The standard InChI is InChI=1S/C20H17N5O2S/c1-14-6-5-7-15(12-14)22-17(26)13-25-20(27)24-11-10-21-19(18(24)23-25)28-16-8-3-2-4-9-16/h2-12H,13H2,1H3,(H,22,26). The summed E-state index contributed by atoms with van der Waals surface area (Å²) in [7, 11) is 0. The third-order valence-corrected chi connectivity index (χ3v) is 5.01. The lowest BCUT2D eigenvalue weighted by Gasteiger charge is -2.05. The molecule has 28 heavy (non-hydrogen) atoms. The minimum Gasteiger partial charge on any atom is -0.324 e. The summed E-state index contributed by atoms with van der Waals surface area (Å²) < 4.78 is 2.55. The zero-order valence-corrected chi connectivity index (χ0v) is 15.9. The Bertz CT molecular complexity index is 1200. The van der Waals surface area contributed by atoms with Crippen LogP contribution >= 0.6 is 11.8 Å². The van der Waals surface area contributed by atoms with Crippen molar-refractivity contribution in [1.29, 1.82) is 0 Å². The second-order valence-corrected chi connectivity index (χ2v) is 7.26. The van der Waals surface area contributed by atoms with Crippen LogP contribution in [0.5, 0.6) is 0 Å². The summed E-state index contributed by atoms with van der Waals surface area (Å²) in [5.41, 5.74) is 1.76. The highest BCUT2D eigenvalue weighted by molar-refractivity contribution is 7.99. The van der Waals surface area contributed by atoms with Crippen LogP contribution in [0.25, 0.3) is 5.65 Å². The van der Waals surface area contributed by atoms with E-state index in [0.717, 1.165) is 15.1 Å². The van der Waals surface area contributed by atoms with Crippen LogP contribution in [0.1, 0.15) is 5.56 Å². The molecule has 0 saturated heterocycles. The van der Waals surface area contributed by atoms with E-state index in [1.54, 1.807) is 18.5 Å². The molecule has 0 saturated carbocycles. The van der Waals surface area contributed by atoms with Crippen molar-refractivity contribution in [3.8, 4) is 0 Å². The molecule has 4 rings (SSSR count). The van der Waals surface area contributed by atoms with E-state index in [1.165, 1.54) is 16.2 Å². The Labute approximate surface area is 165 Å². The van der Waals surface area contributed by atoms with E-state index in [2.05, 4.69) is 15.4 Å². The van der Waals surface area contributed by atoms with Gasteiger partial charge in [0.2, 0.25) is 5.91 Å². The number of aromatic nitrogens is 4. The topological polar surface area (TPSA) is 81.3 Å². The van der Waals surface area contributed by atoms with Crippen LogP contribution in [0.4, 0.5) is 5.69 Å². The number of carbonyl (C=O) groups excluding carboxylic acids is 1. The molecule has 0 unspecified atom stereocenters. The second-order valence-electron chi connectivity index (χ2n) is 6.20. The number of carbonyl (C=O) groups is 1. The molecule has 0 aliphatic heterocycles. The lowest BCUT2D eigenvalue weighted by molar-refractivity contribution is -0.117. The summed E-state index contributed by atoms with van der Waals surface area (Å²) in [4.78, 5) is 30.3. The Morgan fingerprint density at radius 2 is 1.96 bits per heavy atom. The third-order valence-electron chi connectivity index (χ3n) is 4.02. The van der Waals surface area contributed by atoms with Gasteiger partial charge in [-0.05, 0) is 36.8 Å². The van der Waals surface area contributed by atoms with Gasteiger partial charge in [-0.1, -0.05) is 42.1 Å². The SMILES string of the molecule is Cc1cccc(NC(=O)Cn2nc3c(Sc4ccccc4)nccn3c2=O)c1. The van der Waals surface area contributed by atoms with E-state index >= 15 is 0 Å². The number of benzene rings is 2. The van der Waals surface area contributed by atoms with Gasteiger partial charge in [-0.2, -0.15) is 0 Å². The second kappa shape index (κ2) is 7.69. The van der Waals surface area contributed by atoms with Crippen molar-refractivity contribution in [3.63, 3.8) is 0 Å². The molecule has 0 fully saturated rings. The summed E-state index contributed by atoms with van der Waals surface area (Å²) in [5.74, 6) is -0.318. The molecular weight excluding hydrogens is 374 g/mol. The summed E-state index contributed by atoms with van der Waals surface area (Å²) >= 11 is 1.42. The highest BCUT2D eigenvalue weighted by atomic mass is 32.2. The van der Waals surface area contributed by atoms with E-state index in [1.807, 2.05) is 55.5 Å². The quantitative estimate of drug-likeness (QED) is 0.566. The van der Waals surface area contributed by atoms with E-state index in [9.17, 15) is 9.59 Å². The number of hydrogen-bond acceptors (Lipinski definition) is 5. The van der Waals surface area contributed by atoms with Gasteiger partial charge in [-0.25, -0.2) is 18.9 Å². The first-order chi connectivity index (χ1) is 13.6. The molecule has 0 bridgehead atoms. The average Bonchev–Trinajstić information content (AvgIpc) is 2.99. The van der Waals surface area contributed by atoms with Crippen LogP contribution in [0, 0.1) is 6.92 Å². The molecule has 0 atom stereocenters. The zero-order chi connectivity index (χ0) is 19.5. The minimum atomic E-state index is -0.383. The molecule has 2 heterocycles. The molecule has 0 aliphatic rings. The first-order valence-electron chi connectivity index (χ1n) is 8.64. The van der Waals surface area contributed by atoms with Crippen molar-refractivity contribution >= 4 is 29.0 Å². The summed E-state index contributed by atoms with van der Waals surface area (Å²) in [6.45, 7) is 1.77. The highest BCUT2D eigenvalue weighted by Gasteiger charge is 2.15. The summed E-state index contributed by atoms with van der Waals surface area (Å²) in [6.07, 6.45) is 3.10. The number of nitrogens with zero attached hydrogens (tertiary/aromatic N) is 4. The number of hydrogen-bond donors (Lipinski definition) is 1. The Hall–Kier alpha value is -3.39. The molecule has 4 aromatic rings. The van der Waals surface area contributed by atoms with Crippen molar-refractivity contribution in [2.45, 2.75) is 23.4 Å². The van der Waals surface area contributed by atoms with Gasteiger partial charge in [-0.15, -0.1) is 5.10 Å². The lowest BCUT2D eigenvalue weighted by atomic mass is 10.2. The molecule has 1 amide bonds. The highest BCUT2D eigenvalue weighted by Crippen LogP contribution is 2.27. The first kappa shape index (κ1) is 18.0. The van der Waals surface area contributed by atoms with Crippen molar-refractivity contribution in [1.82, 2.24) is 19.2 Å². The molecular formula is C20H17N5O2S. The van der Waals surface area contributed by atoms with Gasteiger partial charge in [0.25, 0.3) is 0 Å². The van der Waals surface area contributed by atoms with Gasteiger partial charge in [0, 0.05) is 23.0 Å². The van der Waals surface area contributed by atoms with Gasteiger partial charge in [-0.3, -0.25) is 4.79 Å². The Morgan fingerprint density at radius 3 is 2.75 bits per heavy atom. The average molecular weight is 391 g/mol. The van der Waals surface area contributed by atoms with Gasteiger partial charge in [0.15, 0.2) is 5.65 Å². The van der Waals surface area contributed by atoms with Crippen LogP contribution in [0.2, 0.25) is 0 Å². The molecule has 0 radical (unpaired) electrons. The number of anilines is 1. The molecule has 2 aromatic heterocycles. The van der Waals surface area contributed by atoms with Crippen LogP contribution in [0.3, 0.4) is 0 Å². The normalized spacial score (nSPS) is 10.9. The summed E-state index contributed by atoms with van der Waals surface area (Å²) in [5, 5.41) is 7.72. The zero-order valence-electron chi connectivity index (χ0n) is 15.1. The monoisotopic (exact) mass is 391 g/mol. The van der Waals surface area contributed by atoms with Gasteiger partial charge in [0.05, 0.1) is 0 Å². The van der Waals surface area contributed by atoms with E-state index < -0.39 is 0 Å².